The molecule has 0 saturated carbocycles. The highest BCUT2D eigenvalue weighted by atomic mass is 35.5. The van der Waals surface area contributed by atoms with E-state index < -0.39 is 23.5 Å². The van der Waals surface area contributed by atoms with E-state index in [1.165, 1.54) is 51.7 Å². The van der Waals surface area contributed by atoms with Crippen molar-refractivity contribution in [2.45, 2.75) is 6.04 Å². The fraction of sp³-hybridized carbons (Fsp3) is 0.154. The van der Waals surface area contributed by atoms with Gasteiger partial charge in [-0.15, -0.1) is 0 Å². The molecule has 1 aliphatic rings. The molecule has 3 aromatic carbocycles. The fourth-order valence-electron chi connectivity index (χ4n) is 4.12. The minimum absolute atomic E-state index is 0.0755. The zero-order chi connectivity index (χ0) is 26.1. The van der Waals surface area contributed by atoms with Crippen LogP contribution in [-0.4, -0.2) is 43.2 Å². The Morgan fingerprint density at radius 2 is 1.53 bits per heavy atom. The standard InChI is InChI=1S/C26H21Cl2NO7/c1-34-19-11-14(12-20(35-2)25(19)36-3)22-21(23(31)13-8-9-15(27)16(28)10-13)24(32)26(33)29(22)17-6-4-5-7-18(17)30/h4-12,22,30-31H,1-3H3/b23-21+. The normalized spacial score (nSPS) is 16.8. The quantitative estimate of drug-likeness (QED) is 0.252. The molecular formula is C26H21Cl2NO7. The zero-order valence-electron chi connectivity index (χ0n) is 19.4. The lowest BCUT2D eigenvalue weighted by molar-refractivity contribution is -0.132. The lowest BCUT2D eigenvalue weighted by atomic mass is 9.94. The molecule has 186 valence electrons. The molecule has 4 rings (SSSR count). The highest BCUT2D eigenvalue weighted by Crippen LogP contribution is 2.48. The molecule has 3 aromatic rings. The van der Waals surface area contributed by atoms with Gasteiger partial charge >= 0.3 is 0 Å². The minimum Gasteiger partial charge on any atom is -0.507 e. The first-order valence-corrected chi connectivity index (χ1v) is 11.3. The number of aliphatic hydroxyl groups excluding tert-OH is 1. The summed E-state index contributed by atoms with van der Waals surface area (Å²) in [6.07, 6.45) is 0. The van der Waals surface area contributed by atoms with E-state index in [2.05, 4.69) is 0 Å². The van der Waals surface area contributed by atoms with E-state index >= 15 is 0 Å². The van der Waals surface area contributed by atoms with Gasteiger partial charge in [0.1, 0.15) is 11.5 Å². The Morgan fingerprint density at radius 1 is 0.889 bits per heavy atom. The van der Waals surface area contributed by atoms with Crippen molar-refractivity contribution in [3.63, 3.8) is 0 Å². The van der Waals surface area contributed by atoms with Crippen molar-refractivity contribution < 1.29 is 34.0 Å². The average molecular weight is 530 g/mol. The number of aliphatic hydroxyl groups is 1. The molecule has 1 unspecified atom stereocenters. The van der Waals surface area contributed by atoms with Gasteiger partial charge in [-0.3, -0.25) is 14.5 Å². The highest BCUT2D eigenvalue weighted by molar-refractivity contribution is 6.52. The number of rotatable bonds is 6. The number of benzene rings is 3. The van der Waals surface area contributed by atoms with Crippen LogP contribution in [0.5, 0.6) is 23.0 Å². The number of nitrogens with zero attached hydrogens (tertiary/aromatic N) is 1. The molecule has 36 heavy (non-hydrogen) atoms. The van der Waals surface area contributed by atoms with Crippen molar-refractivity contribution in [2.75, 3.05) is 26.2 Å². The summed E-state index contributed by atoms with van der Waals surface area (Å²) in [5, 5.41) is 22.2. The molecule has 0 spiro atoms. The predicted octanol–water partition coefficient (Wildman–Crippen LogP) is 5.35. The average Bonchev–Trinajstić information content (AvgIpc) is 3.14. The summed E-state index contributed by atoms with van der Waals surface area (Å²) >= 11 is 12.1. The van der Waals surface area contributed by atoms with Gasteiger partial charge in [-0.1, -0.05) is 35.3 Å². The molecule has 1 atom stereocenters. The first kappa shape index (κ1) is 25.2. The van der Waals surface area contributed by atoms with Crippen LogP contribution in [0.4, 0.5) is 5.69 Å². The van der Waals surface area contributed by atoms with Crippen LogP contribution in [0, 0.1) is 0 Å². The second-order valence-corrected chi connectivity index (χ2v) is 8.56. The fourth-order valence-corrected chi connectivity index (χ4v) is 4.42. The maximum Gasteiger partial charge on any atom is 0.300 e. The van der Waals surface area contributed by atoms with Crippen molar-refractivity contribution >= 4 is 46.3 Å². The molecule has 0 aromatic heterocycles. The SMILES string of the molecule is COc1cc(C2/C(=C(\O)c3ccc(Cl)c(Cl)c3)C(=O)C(=O)N2c2ccccc2O)cc(OC)c1OC. The Morgan fingerprint density at radius 3 is 2.08 bits per heavy atom. The number of phenolic OH excluding ortho intramolecular Hbond substituents is 1. The number of amides is 1. The monoisotopic (exact) mass is 529 g/mol. The third-order valence-corrected chi connectivity index (χ3v) is 6.52. The number of halogens is 2. The van der Waals surface area contributed by atoms with Gasteiger partial charge in [-0.2, -0.15) is 0 Å². The van der Waals surface area contributed by atoms with Crippen LogP contribution < -0.4 is 19.1 Å². The molecule has 8 nitrogen and oxygen atoms in total. The number of carbonyl (C=O) groups excluding carboxylic acids is 2. The smallest absolute Gasteiger partial charge is 0.300 e. The largest absolute Gasteiger partial charge is 0.507 e. The van der Waals surface area contributed by atoms with E-state index in [-0.39, 0.29) is 44.1 Å². The van der Waals surface area contributed by atoms with Gasteiger partial charge in [0.2, 0.25) is 5.75 Å². The zero-order valence-corrected chi connectivity index (χ0v) is 20.9. The second kappa shape index (κ2) is 10.0. The van der Waals surface area contributed by atoms with Gasteiger partial charge in [0.05, 0.1) is 48.7 Å². The summed E-state index contributed by atoms with van der Waals surface area (Å²) in [5.41, 5.74) is 0.383. The number of Topliss-reactive ketones (excluding diaryl/α,β-unsaturated/α-hetero) is 1. The third kappa shape index (κ3) is 4.19. The number of aromatic hydroxyl groups is 1. The number of hydrogen-bond donors (Lipinski definition) is 2. The van der Waals surface area contributed by atoms with Crippen LogP contribution in [0.3, 0.4) is 0 Å². The Hall–Kier alpha value is -3.88. The van der Waals surface area contributed by atoms with Crippen molar-refractivity contribution in [3.05, 3.63) is 81.3 Å². The maximum atomic E-state index is 13.3. The number of methoxy groups -OCH3 is 3. The first-order valence-electron chi connectivity index (χ1n) is 10.6. The van der Waals surface area contributed by atoms with Gasteiger partial charge in [-0.25, -0.2) is 0 Å². The van der Waals surface area contributed by atoms with Crippen molar-refractivity contribution in [1.82, 2.24) is 0 Å². The number of ether oxygens (including phenoxy) is 3. The lowest BCUT2D eigenvalue weighted by Crippen LogP contribution is -2.29. The topological polar surface area (TPSA) is 106 Å². The first-order chi connectivity index (χ1) is 17.2. The van der Waals surface area contributed by atoms with Gasteiger partial charge in [-0.05, 0) is 48.0 Å². The van der Waals surface area contributed by atoms with Gasteiger partial charge < -0.3 is 24.4 Å². The van der Waals surface area contributed by atoms with Crippen molar-refractivity contribution in [3.8, 4) is 23.0 Å². The molecule has 2 N–H and O–H groups in total. The molecule has 0 bridgehead atoms. The number of carbonyl (C=O) groups is 2. The molecule has 1 saturated heterocycles. The van der Waals surface area contributed by atoms with E-state index in [4.69, 9.17) is 37.4 Å². The van der Waals surface area contributed by atoms with Crippen LogP contribution in [0.15, 0.2) is 60.2 Å². The van der Waals surface area contributed by atoms with E-state index in [0.717, 1.165) is 4.90 Å². The summed E-state index contributed by atoms with van der Waals surface area (Å²) in [7, 11) is 4.30. The van der Waals surface area contributed by atoms with Crippen LogP contribution in [0.1, 0.15) is 17.2 Å². The molecule has 1 aliphatic heterocycles. The molecular weight excluding hydrogens is 509 g/mol. The number of ketones is 1. The summed E-state index contributed by atoms with van der Waals surface area (Å²) in [6.45, 7) is 0. The molecule has 1 heterocycles. The number of para-hydroxylation sites is 2. The van der Waals surface area contributed by atoms with Gasteiger partial charge in [0.15, 0.2) is 11.5 Å². The van der Waals surface area contributed by atoms with Crippen molar-refractivity contribution in [2.24, 2.45) is 0 Å². The minimum atomic E-state index is -1.17. The summed E-state index contributed by atoms with van der Waals surface area (Å²) in [6, 6.07) is 12.4. The number of phenols is 1. The van der Waals surface area contributed by atoms with Crippen LogP contribution in [-0.2, 0) is 9.59 Å². The number of anilines is 1. The Bertz CT molecular complexity index is 1380. The van der Waals surface area contributed by atoms with Gasteiger partial charge in [0, 0.05) is 5.56 Å². The van der Waals surface area contributed by atoms with E-state index in [1.807, 2.05) is 0 Å². The Labute approximate surface area is 216 Å². The number of hydrogen-bond acceptors (Lipinski definition) is 7. The molecule has 1 fully saturated rings. The van der Waals surface area contributed by atoms with E-state index in [9.17, 15) is 19.8 Å². The van der Waals surface area contributed by atoms with Crippen molar-refractivity contribution in [1.29, 1.82) is 0 Å². The molecule has 0 radical (unpaired) electrons. The van der Waals surface area contributed by atoms with E-state index in [1.54, 1.807) is 24.3 Å². The third-order valence-electron chi connectivity index (χ3n) is 5.78. The predicted molar refractivity (Wildman–Crippen MR) is 135 cm³/mol. The molecule has 10 heteroatoms. The molecule has 0 aliphatic carbocycles. The summed E-state index contributed by atoms with van der Waals surface area (Å²) in [5.74, 6) is -1.77. The Balaban J connectivity index is 2.04. The summed E-state index contributed by atoms with van der Waals surface area (Å²) < 4.78 is 16.3. The van der Waals surface area contributed by atoms with Crippen LogP contribution >= 0.6 is 23.2 Å². The van der Waals surface area contributed by atoms with E-state index in [0.29, 0.717) is 11.3 Å². The highest BCUT2D eigenvalue weighted by Gasteiger charge is 2.48. The summed E-state index contributed by atoms with van der Waals surface area (Å²) in [4.78, 5) is 27.8. The van der Waals surface area contributed by atoms with Crippen LogP contribution in [0.2, 0.25) is 10.0 Å². The lowest BCUT2D eigenvalue weighted by Gasteiger charge is -2.27. The Kier molecular flexibility index (Phi) is 7.01. The maximum absolute atomic E-state index is 13.3. The molecule has 1 amide bonds. The van der Waals surface area contributed by atoms with Crippen LogP contribution in [0.25, 0.3) is 5.76 Å². The second-order valence-electron chi connectivity index (χ2n) is 7.75. The van der Waals surface area contributed by atoms with Gasteiger partial charge in [0.25, 0.3) is 11.7 Å².